The first kappa shape index (κ1) is 16.4. The number of halogens is 2. The van der Waals surface area contributed by atoms with Crippen LogP contribution in [0.3, 0.4) is 0 Å². The van der Waals surface area contributed by atoms with E-state index in [0.717, 1.165) is 24.6 Å². The van der Waals surface area contributed by atoms with Crippen LogP contribution in [-0.2, 0) is 6.54 Å². The average Bonchev–Trinajstić information content (AvgIpc) is 3.47. The molecule has 26 heavy (non-hydrogen) atoms. The smallest absolute Gasteiger partial charge is 0.225 e. The molecule has 0 saturated heterocycles. The van der Waals surface area contributed by atoms with Crippen LogP contribution in [0.5, 0.6) is 0 Å². The molecule has 1 fully saturated rings. The van der Waals surface area contributed by atoms with Crippen molar-refractivity contribution in [3.63, 3.8) is 0 Å². The number of anilines is 2. The van der Waals surface area contributed by atoms with Crippen molar-refractivity contribution in [1.29, 1.82) is 0 Å². The molecule has 4 rings (SSSR count). The van der Waals surface area contributed by atoms with Crippen molar-refractivity contribution in [1.82, 2.24) is 15.0 Å². The summed E-state index contributed by atoms with van der Waals surface area (Å²) in [6.45, 7) is 0.318. The Morgan fingerprint density at radius 2 is 1.85 bits per heavy atom. The molecule has 0 aliphatic heterocycles. The SMILES string of the molecule is Fc1ccc(CNc2cc(-c3ccccn3)nc(NC3CC3)n2)cc1F. The molecule has 1 aliphatic rings. The van der Waals surface area contributed by atoms with Gasteiger partial charge in [-0.3, -0.25) is 4.98 Å². The van der Waals surface area contributed by atoms with Crippen LogP contribution in [0.25, 0.3) is 11.4 Å². The molecule has 5 nitrogen and oxygen atoms in total. The summed E-state index contributed by atoms with van der Waals surface area (Å²) in [5, 5.41) is 6.43. The van der Waals surface area contributed by atoms with Gasteiger partial charge in [-0.25, -0.2) is 13.8 Å². The van der Waals surface area contributed by atoms with Crippen LogP contribution in [0, 0.1) is 11.6 Å². The minimum atomic E-state index is -0.864. The summed E-state index contributed by atoms with van der Waals surface area (Å²) in [6.07, 6.45) is 3.92. The summed E-state index contributed by atoms with van der Waals surface area (Å²) < 4.78 is 26.4. The summed E-state index contributed by atoms with van der Waals surface area (Å²) in [5.74, 6) is -0.599. The number of hydrogen-bond acceptors (Lipinski definition) is 5. The van der Waals surface area contributed by atoms with E-state index in [1.165, 1.54) is 12.1 Å². The Balaban J connectivity index is 1.58. The molecule has 1 aromatic carbocycles. The predicted molar refractivity (Wildman–Crippen MR) is 95.6 cm³/mol. The Bertz CT molecular complexity index is 913. The third-order valence-corrected chi connectivity index (χ3v) is 4.02. The van der Waals surface area contributed by atoms with Crippen molar-refractivity contribution in [3.8, 4) is 11.4 Å². The zero-order valence-electron chi connectivity index (χ0n) is 13.9. The highest BCUT2D eigenvalue weighted by Gasteiger charge is 2.22. The summed E-state index contributed by atoms with van der Waals surface area (Å²) in [5.41, 5.74) is 2.06. The van der Waals surface area contributed by atoms with Gasteiger partial charge in [0.1, 0.15) is 5.82 Å². The van der Waals surface area contributed by atoms with Crippen molar-refractivity contribution in [2.75, 3.05) is 10.6 Å². The minimum absolute atomic E-state index is 0.318. The molecule has 132 valence electrons. The van der Waals surface area contributed by atoms with Gasteiger partial charge >= 0.3 is 0 Å². The van der Waals surface area contributed by atoms with Crippen molar-refractivity contribution in [2.24, 2.45) is 0 Å². The highest BCUT2D eigenvalue weighted by Crippen LogP contribution is 2.26. The van der Waals surface area contributed by atoms with Crippen LogP contribution >= 0.6 is 0 Å². The van der Waals surface area contributed by atoms with Gasteiger partial charge in [0, 0.05) is 24.8 Å². The molecule has 2 heterocycles. The normalized spacial score (nSPS) is 13.5. The maximum atomic E-state index is 13.4. The number of nitrogens with zero attached hydrogens (tertiary/aromatic N) is 3. The fourth-order valence-corrected chi connectivity index (χ4v) is 2.50. The first-order valence-corrected chi connectivity index (χ1v) is 8.42. The molecule has 0 radical (unpaired) electrons. The monoisotopic (exact) mass is 353 g/mol. The molecular weight excluding hydrogens is 336 g/mol. The van der Waals surface area contributed by atoms with Gasteiger partial charge in [-0.1, -0.05) is 12.1 Å². The lowest BCUT2D eigenvalue weighted by atomic mass is 10.2. The van der Waals surface area contributed by atoms with Crippen LogP contribution in [0.15, 0.2) is 48.7 Å². The van der Waals surface area contributed by atoms with Gasteiger partial charge in [-0.2, -0.15) is 4.98 Å². The van der Waals surface area contributed by atoms with Gasteiger partial charge in [0.2, 0.25) is 5.95 Å². The predicted octanol–water partition coefficient (Wildman–Crippen LogP) is 4.00. The number of pyridine rings is 1. The van der Waals surface area contributed by atoms with E-state index in [2.05, 4.69) is 25.6 Å². The lowest BCUT2D eigenvalue weighted by Crippen LogP contribution is -2.09. The Hall–Kier alpha value is -3.09. The van der Waals surface area contributed by atoms with E-state index < -0.39 is 11.6 Å². The lowest BCUT2D eigenvalue weighted by molar-refractivity contribution is 0.507. The standard InChI is InChI=1S/C19H17F2N5/c20-14-7-4-12(9-15(14)21)11-23-18-10-17(16-3-1-2-8-22-16)25-19(26-18)24-13-5-6-13/h1-4,7-10,13H,5-6,11H2,(H2,23,24,25,26). The first-order valence-electron chi connectivity index (χ1n) is 8.42. The van der Waals surface area contributed by atoms with E-state index in [4.69, 9.17) is 0 Å². The third-order valence-electron chi connectivity index (χ3n) is 4.02. The van der Waals surface area contributed by atoms with Crippen molar-refractivity contribution >= 4 is 11.8 Å². The van der Waals surface area contributed by atoms with Crippen LogP contribution in [0.4, 0.5) is 20.5 Å². The van der Waals surface area contributed by atoms with Crippen LogP contribution in [0.1, 0.15) is 18.4 Å². The quantitative estimate of drug-likeness (QED) is 0.701. The van der Waals surface area contributed by atoms with E-state index in [1.807, 2.05) is 18.2 Å². The summed E-state index contributed by atoms with van der Waals surface area (Å²) in [4.78, 5) is 13.3. The number of nitrogens with one attached hydrogen (secondary N) is 2. The zero-order valence-corrected chi connectivity index (χ0v) is 13.9. The molecule has 2 aromatic heterocycles. The van der Waals surface area contributed by atoms with E-state index in [9.17, 15) is 8.78 Å². The molecular formula is C19H17F2N5. The molecule has 0 atom stereocenters. The van der Waals surface area contributed by atoms with Crippen LogP contribution in [-0.4, -0.2) is 21.0 Å². The molecule has 2 N–H and O–H groups in total. The van der Waals surface area contributed by atoms with Crippen molar-refractivity contribution in [2.45, 2.75) is 25.4 Å². The Kier molecular flexibility index (Phi) is 4.43. The minimum Gasteiger partial charge on any atom is -0.366 e. The largest absolute Gasteiger partial charge is 0.366 e. The maximum absolute atomic E-state index is 13.4. The molecule has 0 amide bonds. The van der Waals surface area contributed by atoms with Gasteiger partial charge in [0.15, 0.2) is 11.6 Å². The second-order valence-corrected chi connectivity index (χ2v) is 6.20. The fourth-order valence-electron chi connectivity index (χ4n) is 2.50. The van der Waals surface area contributed by atoms with E-state index in [1.54, 1.807) is 12.3 Å². The lowest BCUT2D eigenvalue weighted by Gasteiger charge is -2.11. The topological polar surface area (TPSA) is 62.7 Å². The number of benzene rings is 1. The Morgan fingerprint density at radius 3 is 2.58 bits per heavy atom. The average molecular weight is 353 g/mol. The molecule has 0 unspecified atom stereocenters. The molecule has 3 aromatic rings. The molecule has 7 heteroatoms. The summed E-state index contributed by atoms with van der Waals surface area (Å²) in [7, 11) is 0. The van der Waals surface area contributed by atoms with E-state index in [-0.39, 0.29) is 0 Å². The third kappa shape index (κ3) is 3.93. The molecule has 1 aliphatic carbocycles. The highest BCUT2D eigenvalue weighted by molar-refractivity contribution is 5.61. The number of aromatic nitrogens is 3. The van der Waals surface area contributed by atoms with Gasteiger partial charge in [0.25, 0.3) is 0 Å². The first-order chi connectivity index (χ1) is 12.7. The summed E-state index contributed by atoms with van der Waals surface area (Å²) in [6, 6.07) is 11.6. The van der Waals surface area contributed by atoms with E-state index >= 15 is 0 Å². The van der Waals surface area contributed by atoms with Gasteiger partial charge in [-0.05, 0) is 42.7 Å². The van der Waals surface area contributed by atoms with Gasteiger partial charge in [0.05, 0.1) is 11.4 Å². The van der Waals surface area contributed by atoms with E-state index in [0.29, 0.717) is 35.6 Å². The molecule has 1 saturated carbocycles. The number of hydrogen-bond donors (Lipinski definition) is 2. The van der Waals surface area contributed by atoms with Gasteiger partial charge < -0.3 is 10.6 Å². The fraction of sp³-hybridized carbons (Fsp3) is 0.211. The van der Waals surface area contributed by atoms with Crippen LogP contribution < -0.4 is 10.6 Å². The van der Waals surface area contributed by atoms with Gasteiger partial charge in [-0.15, -0.1) is 0 Å². The number of rotatable bonds is 6. The second-order valence-electron chi connectivity index (χ2n) is 6.20. The highest BCUT2D eigenvalue weighted by atomic mass is 19.2. The maximum Gasteiger partial charge on any atom is 0.225 e. The summed E-state index contributed by atoms with van der Waals surface area (Å²) >= 11 is 0. The van der Waals surface area contributed by atoms with Crippen molar-refractivity contribution in [3.05, 3.63) is 65.9 Å². The molecule has 0 spiro atoms. The van der Waals surface area contributed by atoms with Crippen LogP contribution in [0.2, 0.25) is 0 Å². The Labute approximate surface area is 149 Å². The second kappa shape index (κ2) is 7.03. The Morgan fingerprint density at radius 1 is 0.962 bits per heavy atom. The van der Waals surface area contributed by atoms with Crippen molar-refractivity contribution < 1.29 is 8.78 Å². The molecule has 0 bridgehead atoms. The zero-order chi connectivity index (χ0) is 17.9.